The van der Waals surface area contributed by atoms with Crippen molar-refractivity contribution in [1.82, 2.24) is 4.57 Å². The number of rotatable bonds is 2. The molecule has 3 nitrogen and oxygen atoms in total. The quantitative estimate of drug-likeness (QED) is 0.677. The van der Waals surface area contributed by atoms with Gasteiger partial charge >= 0.3 is 0 Å². The Morgan fingerprint density at radius 1 is 1.19 bits per heavy atom. The molecule has 3 rings (SSSR count). The number of aliphatic hydroxyl groups excluding tert-OH is 1. The van der Waals surface area contributed by atoms with Crippen molar-refractivity contribution in [2.24, 2.45) is 0 Å². The average molecular weight is 391 g/mol. The number of hydrogen-bond acceptors (Lipinski definition) is 2. The van der Waals surface area contributed by atoms with Gasteiger partial charge in [-0.05, 0) is 53.8 Å². The summed E-state index contributed by atoms with van der Waals surface area (Å²) in [5.41, 5.74) is 3.09. The third-order valence-corrected chi connectivity index (χ3v) is 4.35. The van der Waals surface area contributed by atoms with E-state index in [1.807, 2.05) is 55.5 Å². The summed E-state index contributed by atoms with van der Waals surface area (Å²) in [4.78, 5) is 12.8. The standard InChI is InChI=1S/C17H14INO2/c1-11-15(10-20)14-7-2-3-8-16(14)19(11)17(21)12-5-4-6-13(18)9-12/h2-9,20H,10H2,1H3. The fourth-order valence-electron chi connectivity index (χ4n) is 2.65. The first-order valence-electron chi connectivity index (χ1n) is 6.63. The smallest absolute Gasteiger partial charge is 0.262 e. The summed E-state index contributed by atoms with van der Waals surface area (Å²) in [5.74, 6) is -0.0677. The highest BCUT2D eigenvalue weighted by Gasteiger charge is 2.19. The third-order valence-electron chi connectivity index (χ3n) is 3.67. The summed E-state index contributed by atoms with van der Waals surface area (Å²) < 4.78 is 2.71. The normalized spacial score (nSPS) is 11.0. The van der Waals surface area contributed by atoms with Gasteiger partial charge in [-0.3, -0.25) is 9.36 Å². The Hall–Kier alpha value is -1.66. The Labute approximate surface area is 136 Å². The summed E-state index contributed by atoms with van der Waals surface area (Å²) >= 11 is 2.20. The summed E-state index contributed by atoms with van der Waals surface area (Å²) in [5, 5.41) is 10.5. The lowest BCUT2D eigenvalue weighted by atomic mass is 10.1. The minimum atomic E-state index is -0.0705. The maximum absolute atomic E-state index is 12.8. The van der Waals surface area contributed by atoms with Gasteiger partial charge in [0.15, 0.2) is 0 Å². The molecular formula is C17H14INO2. The van der Waals surface area contributed by atoms with Crippen molar-refractivity contribution in [2.75, 3.05) is 0 Å². The van der Waals surface area contributed by atoms with Crippen molar-refractivity contribution in [1.29, 1.82) is 0 Å². The van der Waals surface area contributed by atoms with Crippen LogP contribution in [0.3, 0.4) is 0 Å². The molecule has 106 valence electrons. The second-order valence-corrected chi connectivity index (χ2v) is 6.14. The fraction of sp³-hybridized carbons (Fsp3) is 0.118. The maximum atomic E-state index is 12.8. The summed E-state index contributed by atoms with van der Waals surface area (Å²) in [6, 6.07) is 15.2. The van der Waals surface area contributed by atoms with Crippen LogP contribution >= 0.6 is 22.6 Å². The van der Waals surface area contributed by atoms with Gasteiger partial charge in [0, 0.05) is 25.8 Å². The van der Waals surface area contributed by atoms with E-state index in [1.165, 1.54) is 0 Å². The molecule has 0 fully saturated rings. The maximum Gasteiger partial charge on any atom is 0.262 e. The van der Waals surface area contributed by atoms with E-state index in [9.17, 15) is 9.90 Å². The Bertz CT molecular complexity index is 836. The van der Waals surface area contributed by atoms with E-state index in [-0.39, 0.29) is 12.5 Å². The fourth-order valence-corrected chi connectivity index (χ4v) is 3.19. The second kappa shape index (κ2) is 5.61. The molecule has 0 bridgehead atoms. The Morgan fingerprint density at radius 3 is 2.67 bits per heavy atom. The lowest BCUT2D eigenvalue weighted by Crippen LogP contribution is -2.13. The minimum Gasteiger partial charge on any atom is -0.392 e. The molecule has 0 aliphatic heterocycles. The van der Waals surface area contributed by atoms with Gasteiger partial charge in [-0.2, -0.15) is 0 Å². The van der Waals surface area contributed by atoms with Crippen LogP contribution in [0.25, 0.3) is 10.9 Å². The third kappa shape index (κ3) is 2.38. The Morgan fingerprint density at radius 2 is 1.95 bits per heavy atom. The van der Waals surface area contributed by atoms with Crippen LogP contribution < -0.4 is 0 Å². The zero-order valence-electron chi connectivity index (χ0n) is 11.5. The number of fused-ring (bicyclic) bond motifs is 1. The largest absolute Gasteiger partial charge is 0.392 e. The zero-order valence-corrected chi connectivity index (χ0v) is 13.7. The van der Waals surface area contributed by atoms with Crippen LogP contribution in [-0.4, -0.2) is 15.6 Å². The number of aromatic nitrogens is 1. The molecule has 1 aromatic heterocycles. The molecule has 0 radical (unpaired) electrons. The number of para-hydroxylation sites is 1. The van der Waals surface area contributed by atoms with Crippen LogP contribution in [0.1, 0.15) is 21.6 Å². The van der Waals surface area contributed by atoms with Crippen molar-refractivity contribution in [3.8, 4) is 0 Å². The Balaban J connectivity index is 2.25. The number of carbonyl (C=O) groups excluding carboxylic acids is 1. The summed E-state index contributed by atoms with van der Waals surface area (Å²) in [6.45, 7) is 1.80. The van der Waals surface area contributed by atoms with E-state index in [0.29, 0.717) is 5.56 Å². The summed E-state index contributed by atoms with van der Waals surface area (Å²) in [7, 11) is 0. The van der Waals surface area contributed by atoms with Gasteiger partial charge in [0.1, 0.15) is 0 Å². The molecule has 21 heavy (non-hydrogen) atoms. The van der Waals surface area contributed by atoms with Gasteiger partial charge in [0.05, 0.1) is 12.1 Å². The molecule has 0 aliphatic carbocycles. The molecule has 2 aromatic carbocycles. The molecular weight excluding hydrogens is 377 g/mol. The SMILES string of the molecule is Cc1c(CO)c2ccccc2n1C(=O)c1cccc(I)c1. The molecule has 0 saturated heterocycles. The molecule has 0 aliphatic rings. The lowest BCUT2D eigenvalue weighted by molar-refractivity contribution is 0.0962. The highest BCUT2D eigenvalue weighted by Crippen LogP contribution is 2.27. The monoisotopic (exact) mass is 391 g/mol. The first-order chi connectivity index (χ1) is 10.1. The van der Waals surface area contributed by atoms with Crippen LogP contribution in [-0.2, 0) is 6.61 Å². The average Bonchev–Trinajstić information content (AvgIpc) is 2.78. The van der Waals surface area contributed by atoms with E-state index in [0.717, 1.165) is 25.7 Å². The van der Waals surface area contributed by atoms with Gasteiger partial charge in [0.25, 0.3) is 5.91 Å². The van der Waals surface area contributed by atoms with Crippen molar-refractivity contribution in [3.05, 3.63) is 68.9 Å². The lowest BCUT2D eigenvalue weighted by Gasteiger charge is -2.07. The number of benzene rings is 2. The first kappa shape index (κ1) is 14.3. The highest BCUT2D eigenvalue weighted by molar-refractivity contribution is 14.1. The van der Waals surface area contributed by atoms with E-state index in [4.69, 9.17) is 0 Å². The van der Waals surface area contributed by atoms with E-state index >= 15 is 0 Å². The molecule has 3 aromatic rings. The van der Waals surface area contributed by atoms with Crippen molar-refractivity contribution in [3.63, 3.8) is 0 Å². The zero-order chi connectivity index (χ0) is 15.0. The van der Waals surface area contributed by atoms with Gasteiger partial charge in [-0.15, -0.1) is 0 Å². The van der Waals surface area contributed by atoms with E-state index < -0.39 is 0 Å². The summed E-state index contributed by atoms with van der Waals surface area (Å²) in [6.07, 6.45) is 0. The number of halogens is 1. The van der Waals surface area contributed by atoms with Crippen LogP contribution in [0.2, 0.25) is 0 Å². The van der Waals surface area contributed by atoms with Gasteiger partial charge in [-0.25, -0.2) is 0 Å². The van der Waals surface area contributed by atoms with Crippen molar-refractivity contribution < 1.29 is 9.90 Å². The topological polar surface area (TPSA) is 42.2 Å². The second-order valence-electron chi connectivity index (χ2n) is 4.89. The molecule has 0 spiro atoms. The molecule has 0 atom stereocenters. The molecule has 0 amide bonds. The molecule has 0 unspecified atom stereocenters. The molecule has 4 heteroatoms. The van der Waals surface area contributed by atoms with E-state index in [1.54, 1.807) is 4.57 Å². The highest BCUT2D eigenvalue weighted by atomic mass is 127. The number of carbonyl (C=O) groups is 1. The van der Waals surface area contributed by atoms with Gasteiger partial charge in [-0.1, -0.05) is 24.3 Å². The number of hydrogen-bond donors (Lipinski definition) is 1. The van der Waals surface area contributed by atoms with Gasteiger partial charge in [0.2, 0.25) is 0 Å². The van der Waals surface area contributed by atoms with Crippen LogP contribution in [0.5, 0.6) is 0 Å². The molecule has 0 saturated carbocycles. The molecule has 1 heterocycles. The number of aliphatic hydroxyl groups is 1. The van der Waals surface area contributed by atoms with Crippen molar-refractivity contribution in [2.45, 2.75) is 13.5 Å². The molecule has 1 N–H and O–H groups in total. The predicted molar refractivity (Wildman–Crippen MR) is 91.5 cm³/mol. The predicted octanol–water partition coefficient (Wildman–Crippen LogP) is 3.74. The minimum absolute atomic E-state index is 0.0677. The van der Waals surface area contributed by atoms with Crippen LogP contribution in [0, 0.1) is 10.5 Å². The first-order valence-corrected chi connectivity index (χ1v) is 7.71. The number of nitrogens with zero attached hydrogens (tertiary/aromatic N) is 1. The van der Waals surface area contributed by atoms with Crippen LogP contribution in [0.4, 0.5) is 0 Å². The Kier molecular flexibility index (Phi) is 3.82. The van der Waals surface area contributed by atoms with Crippen LogP contribution in [0.15, 0.2) is 48.5 Å². The van der Waals surface area contributed by atoms with Gasteiger partial charge < -0.3 is 5.11 Å². The van der Waals surface area contributed by atoms with Crippen molar-refractivity contribution >= 4 is 39.4 Å². The van der Waals surface area contributed by atoms with E-state index in [2.05, 4.69) is 22.6 Å².